The number of nitrogens with zero attached hydrogens (tertiary/aromatic N) is 1. The van der Waals surface area contributed by atoms with Crippen LogP contribution in [0.1, 0.15) is 13.8 Å². The predicted octanol–water partition coefficient (Wildman–Crippen LogP) is 1.21. The summed E-state index contributed by atoms with van der Waals surface area (Å²) in [5, 5.41) is 3.97. The van der Waals surface area contributed by atoms with Crippen LogP contribution < -0.4 is 12.4 Å². The van der Waals surface area contributed by atoms with Crippen LogP contribution in [0.25, 0.3) is 5.32 Å². The first-order chi connectivity index (χ1) is 7.41. The van der Waals surface area contributed by atoms with E-state index in [-0.39, 0.29) is 38.6 Å². The zero-order valence-corrected chi connectivity index (χ0v) is 13.7. The van der Waals surface area contributed by atoms with Gasteiger partial charge in [0.1, 0.15) is 0 Å². The standard InChI is InChI=1S/2C5H5.C4H10N.ClH.Zr/c2*1-2-4-5-3-1;1-3-5-4-2;;/h2*1-5H;3-4H2,1-2H3;1H;/q3*-1;;+4/p-1. The van der Waals surface area contributed by atoms with Gasteiger partial charge in [0.15, 0.2) is 0 Å². The van der Waals surface area contributed by atoms with Crippen LogP contribution in [-0.2, 0) is 26.2 Å². The number of halogens is 1. The summed E-state index contributed by atoms with van der Waals surface area (Å²) < 4.78 is 0. The molecule has 0 aliphatic heterocycles. The second-order valence-electron chi connectivity index (χ2n) is 2.78. The number of hydrogen-bond donors (Lipinski definition) is 0. The van der Waals surface area contributed by atoms with Gasteiger partial charge < -0.3 is 17.7 Å². The van der Waals surface area contributed by atoms with E-state index in [1.807, 2.05) is 74.5 Å². The molecule has 2 aromatic carbocycles. The number of hydrogen-bond acceptors (Lipinski definition) is 0. The largest absolute Gasteiger partial charge is 4.00 e. The molecule has 1 nitrogen and oxygen atoms in total. The van der Waals surface area contributed by atoms with Crippen LogP contribution in [0.4, 0.5) is 0 Å². The first-order valence-electron chi connectivity index (χ1n) is 5.38. The average Bonchev–Trinajstić information content (AvgIpc) is 2.99. The van der Waals surface area contributed by atoms with E-state index >= 15 is 0 Å². The van der Waals surface area contributed by atoms with Crippen LogP contribution in [0.3, 0.4) is 0 Å². The minimum absolute atomic E-state index is 0. The van der Waals surface area contributed by atoms with Crippen LogP contribution in [0, 0.1) is 0 Å². The summed E-state index contributed by atoms with van der Waals surface area (Å²) in [5.41, 5.74) is 0. The topological polar surface area (TPSA) is 14.1 Å². The van der Waals surface area contributed by atoms with Gasteiger partial charge in [0.25, 0.3) is 0 Å². The molecule has 0 saturated carbocycles. The van der Waals surface area contributed by atoms with E-state index in [4.69, 9.17) is 0 Å². The van der Waals surface area contributed by atoms with Gasteiger partial charge in [-0.1, -0.05) is 13.8 Å². The SMILES string of the molecule is CC[N-]CC.[Cl-].[Zr+4].c1cc[cH-]c1.c1cc[cH-]c1. The summed E-state index contributed by atoms with van der Waals surface area (Å²) in [6.45, 7) is 6.03. The Balaban J connectivity index is -0.000000163. The summed E-state index contributed by atoms with van der Waals surface area (Å²) in [6, 6.07) is 20.0. The molecule has 0 fully saturated rings. The third-order valence-corrected chi connectivity index (χ3v) is 1.56. The van der Waals surface area contributed by atoms with E-state index < -0.39 is 0 Å². The molecule has 0 spiro atoms. The van der Waals surface area contributed by atoms with Gasteiger partial charge in [0.05, 0.1) is 0 Å². The van der Waals surface area contributed by atoms with Crippen molar-refractivity contribution >= 4 is 0 Å². The average molecular weight is 329 g/mol. The zero-order valence-electron chi connectivity index (χ0n) is 10.5. The molecule has 0 aliphatic rings. The van der Waals surface area contributed by atoms with E-state index in [0.717, 1.165) is 13.1 Å². The fourth-order valence-electron chi connectivity index (χ4n) is 0.865. The first-order valence-corrected chi connectivity index (χ1v) is 5.38. The van der Waals surface area contributed by atoms with Gasteiger partial charge in [-0.05, 0) is 0 Å². The van der Waals surface area contributed by atoms with E-state index in [1.54, 1.807) is 0 Å². The Labute approximate surface area is 131 Å². The molecule has 0 saturated heterocycles. The summed E-state index contributed by atoms with van der Waals surface area (Å²) in [6.07, 6.45) is 0. The Bertz CT molecular complexity index is 191. The van der Waals surface area contributed by atoms with Gasteiger partial charge in [-0.25, -0.2) is 24.3 Å². The maximum Gasteiger partial charge on any atom is 4.00 e. The van der Waals surface area contributed by atoms with Crippen molar-refractivity contribution in [3.63, 3.8) is 0 Å². The van der Waals surface area contributed by atoms with E-state index in [0.29, 0.717) is 0 Å². The quantitative estimate of drug-likeness (QED) is 0.736. The van der Waals surface area contributed by atoms with Gasteiger partial charge >= 0.3 is 26.2 Å². The van der Waals surface area contributed by atoms with Gasteiger partial charge in [0.2, 0.25) is 0 Å². The van der Waals surface area contributed by atoms with E-state index in [1.165, 1.54) is 0 Å². The van der Waals surface area contributed by atoms with Crippen molar-refractivity contribution in [1.29, 1.82) is 0 Å². The Morgan fingerprint density at radius 2 is 1.06 bits per heavy atom. The van der Waals surface area contributed by atoms with E-state index in [2.05, 4.69) is 5.32 Å². The molecule has 0 aromatic heterocycles. The Morgan fingerprint density at radius 3 is 1.12 bits per heavy atom. The molecule has 2 aromatic rings. The summed E-state index contributed by atoms with van der Waals surface area (Å²) in [7, 11) is 0. The van der Waals surface area contributed by atoms with Crippen molar-refractivity contribution in [3.05, 3.63) is 66.0 Å². The molecule has 0 radical (unpaired) electrons. The van der Waals surface area contributed by atoms with Crippen LogP contribution in [0.15, 0.2) is 60.7 Å². The van der Waals surface area contributed by atoms with Crippen molar-refractivity contribution in [2.75, 3.05) is 13.1 Å². The molecule has 0 bridgehead atoms. The normalized spacial score (nSPS) is 7.18. The molecule has 0 aliphatic carbocycles. The molecule has 0 amide bonds. The third-order valence-electron chi connectivity index (χ3n) is 1.56. The summed E-state index contributed by atoms with van der Waals surface area (Å²) in [5.74, 6) is 0. The minimum atomic E-state index is 0. The monoisotopic (exact) mass is 327 g/mol. The molecule has 3 heteroatoms. The Kier molecular flexibility index (Phi) is 27.4. The minimum Gasteiger partial charge on any atom is -1.00 e. The molecule has 92 valence electrons. The Hall–Kier alpha value is -0.167. The van der Waals surface area contributed by atoms with Crippen molar-refractivity contribution in [2.24, 2.45) is 0 Å². The molecule has 0 unspecified atom stereocenters. The first kappa shape index (κ1) is 22.1. The van der Waals surface area contributed by atoms with Gasteiger partial charge in [0, 0.05) is 0 Å². The van der Waals surface area contributed by atoms with Crippen LogP contribution in [0.5, 0.6) is 0 Å². The zero-order chi connectivity index (χ0) is 11.2. The predicted molar refractivity (Wildman–Crippen MR) is 68.5 cm³/mol. The molecular formula is C14H20ClNZr. The van der Waals surface area contributed by atoms with Crippen molar-refractivity contribution < 1.29 is 38.6 Å². The van der Waals surface area contributed by atoms with Crippen molar-refractivity contribution in [1.82, 2.24) is 0 Å². The van der Waals surface area contributed by atoms with E-state index in [9.17, 15) is 0 Å². The van der Waals surface area contributed by atoms with Crippen LogP contribution in [0.2, 0.25) is 0 Å². The van der Waals surface area contributed by atoms with Gasteiger partial charge in [-0.15, -0.1) is 0 Å². The molecule has 0 atom stereocenters. The maximum atomic E-state index is 3.97. The van der Waals surface area contributed by atoms with Crippen LogP contribution >= 0.6 is 0 Å². The van der Waals surface area contributed by atoms with Gasteiger partial charge in [-0.2, -0.15) is 49.5 Å². The van der Waals surface area contributed by atoms with Crippen molar-refractivity contribution in [2.45, 2.75) is 13.8 Å². The molecule has 0 heterocycles. The maximum absolute atomic E-state index is 3.97. The second-order valence-corrected chi connectivity index (χ2v) is 2.78. The fraction of sp³-hybridized carbons (Fsp3) is 0.286. The van der Waals surface area contributed by atoms with Crippen LogP contribution in [-0.4, -0.2) is 13.1 Å². The Morgan fingerprint density at radius 1 is 0.765 bits per heavy atom. The summed E-state index contributed by atoms with van der Waals surface area (Å²) >= 11 is 0. The third kappa shape index (κ3) is 21.6. The van der Waals surface area contributed by atoms with Gasteiger partial charge in [-0.3, -0.25) is 0 Å². The van der Waals surface area contributed by atoms with Crippen molar-refractivity contribution in [3.8, 4) is 0 Å². The smallest absolute Gasteiger partial charge is 1.00 e. The number of rotatable bonds is 2. The molecular weight excluding hydrogens is 309 g/mol. The molecule has 0 N–H and O–H groups in total. The molecule has 2 rings (SSSR count). The molecule has 17 heavy (non-hydrogen) atoms. The summed E-state index contributed by atoms with van der Waals surface area (Å²) in [4.78, 5) is 0. The fourth-order valence-corrected chi connectivity index (χ4v) is 0.865. The second kappa shape index (κ2) is 21.2.